The number of ether oxygens (including phenoxy) is 1. The van der Waals surface area contributed by atoms with Gasteiger partial charge in [-0.2, -0.15) is 0 Å². The van der Waals surface area contributed by atoms with Gasteiger partial charge in [0.2, 0.25) is 5.91 Å². The van der Waals surface area contributed by atoms with Gasteiger partial charge in [0.05, 0.1) is 7.11 Å². The van der Waals surface area contributed by atoms with Crippen molar-refractivity contribution < 1.29 is 14.3 Å². The largest absolute Gasteiger partial charge is 0.467 e. The molecule has 1 aromatic carbocycles. The third kappa shape index (κ3) is 6.00. The van der Waals surface area contributed by atoms with Crippen molar-refractivity contribution in [3.63, 3.8) is 0 Å². The molecule has 0 spiro atoms. The number of amides is 1. The van der Waals surface area contributed by atoms with Crippen LogP contribution in [0.3, 0.4) is 0 Å². The van der Waals surface area contributed by atoms with Crippen LogP contribution < -0.4 is 5.32 Å². The van der Waals surface area contributed by atoms with Crippen molar-refractivity contribution in [1.29, 1.82) is 0 Å². The summed E-state index contributed by atoms with van der Waals surface area (Å²) in [6, 6.07) is 6.56. The van der Waals surface area contributed by atoms with Crippen LogP contribution in [-0.2, 0) is 14.3 Å². The zero-order valence-corrected chi connectivity index (χ0v) is 13.2. The van der Waals surface area contributed by atoms with Gasteiger partial charge in [0.1, 0.15) is 6.04 Å². The summed E-state index contributed by atoms with van der Waals surface area (Å²) < 4.78 is 4.70. The van der Waals surface area contributed by atoms with E-state index in [4.69, 9.17) is 16.3 Å². The second-order valence-corrected chi connectivity index (χ2v) is 5.48. The molecule has 0 saturated carbocycles. The van der Waals surface area contributed by atoms with E-state index in [-0.39, 0.29) is 11.8 Å². The minimum absolute atomic E-state index is 0.266. The van der Waals surface area contributed by atoms with E-state index in [2.05, 4.69) is 5.32 Å². The highest BCUT2D eigenvalue weighted by Crippen LogP contribution is 2.16. The summed E-state index contributed by atoms with van der Waals surface area (Å²) in [5.41, 5.74) is 0.743. The van der Waals surface area contributed by atoms with E-state index >= 15 is 0 Å². The maximum absolute atomic E-state index is 11.9. The van der Waals surface area contributed by atoms with Crippen molar-refractivity contribution in [3.05, 3.63) is 40.9 Å². The normalized spacial score (nSPS) is 12.4. The first kappa shape index (κ1) is 17.2. The molecule has 0 aliphatic heterocycles. The fourth-order valence-corrected chi connectivity index (χ4v) is 2.02. The molecule has 1 aromatic rings. The van der Waals surface area contributed by atoms with Crippen LogP contribution in [0.5, 0.6) is 0 Å². The average molecular weight is 310 g/mol. The first-order chi connectivity index (χ1) is 9.93. The lowest BCUT2D eigenvalue weighted by Crippen LogP contribution is -2.41. The summed E-state index contributed by atoms with van der Waals surface area (Å²) >= 11 is 6.00. The standard InChI is InChI=1S/C16H20ClNO3/c1-11(2)10-14(16(20)21-3)18-15(19)9-8-12-6-4-5-7-13(12)17/h4-9,11,14H,10H2,1-3H3,(H,18,19)/b9-8+. The van der Waals surface area contributed by atoms with E-state index in [0.29, 0.717) is 11.4 Å². The summed E-state index contributed by atoms with van der Waals surface area (Å²) in [7, 11) is 1.31. The number of carbonyl (C=O) groups is 2. The van der Waals surface area contributed by atoms with Crippen LogP contribution in [0.25, 0.3) is 6.08 Å². The quantitative estimate of drug-likeness (QED) is 0.649. The van der Waals surface area contributed by atoms with Gasteiger partial charge in [0, 0.05) is 11.1 Å². The first-order valence-electron chi connectivity index (χ1n) is 6.75. The lowest BCUT2D eigenvalue weighted by atomic mass is 10.0. The Hall–Kier alpha value is -1.81. The third-order valence-electron chi connectivity index (χ3n) is 2.83. The Morgan fingerprint density at radius 1 is 1.33 bits per heavy atom. The molecule has 0 heterocycles. The van der Waals surface area contributed by atoms with Gasteiger partial charge in [-0.3, -0.25) is 4.79 Å². The van der Waals surface area contributed by atoms with Crippen molar-refractivity contribution in [2.24, 2.45) is 5.92 Å². The van der Waals surface area contributed by atoms with Crippen molar-refractivity contribution >= 4 is 29.6 Å². The number of carbonyl (C=O) groups excluding carboxylic acids is 2. The second kappa shape index (κ2) is 8.47. The van der Waals surface area contributed by atoms with Gasteiger partial charge in [-0.1, -0.05) is 43.6 Å². The highest BCUT2D eigenvalue weighted by atomic mass is 35.5. The zero-order chi connectivity index (χ0) is 15.8. The molecule has 4 nitrogen and oxygen atoms in total. The molecule has 0 bridgehead atoms. The van der Waals surface area contributed by atoms with Crippen molar-refractivity contribution in [2.75, 3.05) is 7.11 Å². The Labute approximate surface area is 130 Å². The third-order valence-corrected chi connectivity index (χ3v) is 3.17. The van der Waals surface area contributed by atoms with E-state index < -0.39 is 12.0 Å². The van der Waals surface area contributed by atoms with E-state index in [0.717, 1.165) is 5.56 Å². The van der Waals surface area contributed by atoms with Crippen molar-refractivity contribution in [2.45, 2.75) is 26.3 Å². The van der Waals surface area contributed by atoms with E-state index in [1.165, 1.54) is 13.2 Å². The van der Waals surface area contributed by atoms with Gasteiger partial charge in [-0.05, 0) is 30.0 Å². The van der Waals surface area contributed by atoms with Gasteiger partial charge in [-0.15, -0.1) is 0 Å². The molecule has 0 fully saturated rings. The minimum atomic E-state index is -0.640. The Morgan fingerprint density at radius 2 is 2.00 bits per heavy atom. The summed E-state index contributed by atoms with van der Waals surface area (Å²) in [6.07, 6.45) is 3.50. The van der Waals surface area contributed by atoms with Crippen LogP contribution in [0.1, 0.15) is 25.8 Å². The summed E-state index contributed by atoms with van der Waals surface area (Å²) in [5.74, 6) is -0.531. The van der Waals surface area contributed by atoms with Gasteiger partial charge in [0.15, 0.2) is 0 Å². The molecule has 21 heavy (non-hydrogen) atoms. The molecule has 1 atom stereocenters. The smallest absolute Gasteiger partial charge is 0.328 e. The Kier molecular flexibility index (Phi) is 6.96. The SMILES string of the molecule is COC(=O)C(CC(C)C)NC(=O)/C=C/c1ccccc1Cl. The molecule has 114 valence electrons. The molecule has 1 amide bonds. The molecular formula is C16H20ClNO3. The molecule has 1 unspecified atom stereocenters. The number of rotatable bonds is 6. The lowest BCUT2D eigenvalue weighted by Gasteiger charge is -2.17. The molecule has 5 heteroatoms. The maximum atomic E-state index is 11.9. The second-order valence-electron chi connectivity index (χ2n) is 5.07. The van der Waals surface area contributed by atoms with E-state index in [9.17, 15) is 9.59 Å². The van der Waals surface area contributed by atoms with Crippen LogP contribution >= 0.6 is 11.6 Å². The topological polar surface area (TPSA) is 55.4 Å². The average Bonchev–Trinajstić information content (AvgIpc) is 2.44. The fraction of sp³-hybridized carbons (Fsp3) is 0.375. The molecular weight excluding hydrogens is 290 g/mol. The van der Waals surface area contributed by atoms with Crippen LogP contribution in [0, 0.1) is 5.92 Å². The molecule has 0 aromatic heterocycles. The van der Waals surface area contributed by atoms with Crippen LogP contribution in [-0.4, -0.2) is 25.0 Å². The molecule has 1 rings (SSSR count). The van der Waals surface area contributed by atoms with Gasteiger partial charge in [-0.25, -0.2) is 4.79 Å². The first-order valence-corrected chi connectivity index (χ1v) is 7.12. The predicted molar refractivity (Wildman–Crippen MR) is 83.9 cm³/mol. The van der Waals surface area contributed by atoms with E-state index in [1.807, 2.05) is 26.0 Å². The van der Waals surface area contributed by atoms with Gasteiger partial charge < -0.3 is 10.1 Å². The highest BCUT2D eigenvalue weighted by molar-refractivity contribution is 6.32. The number of hydrogen-bond donors (Lipinski definition) is 1. The summed E-state index contributed by atoms with van der Waals surface area (Å²) in [5, 5.41) is 3.21. The maximum Gasteiger partial charge on any atom is 0.328 e. The van der Waals surface area contributed by atoms with Crippen LogP contribution in [0.2, 0.25) is 5.02 Å². The molecule has 0 aliphatic rings. The van der Waals surface area contributed by atoms with Gasteiger partial charge in [0.25, 0.3) is 0 Å². The van der Waals surface area contributed by atoms with Crippen molar-refractivity contribution in [1.82, 2.24) is 5.32 Å². The summed E-state index contributed by atoms with van der Waals surface area (Å²) in [6.45, 7) is 3.95. The number of halogens is 1. The number of esters is 1. The highest BCUT2D eigenvalue weighted by Gasteiger charge is 2.21. The Morgan fingerprint density at radius 3 is 2.57 bits per heavy atom. The monoisotopic (exact) mass is 309 g/mol. The fourth-order valence-electron chi connectivity index (χ4n) is 1.82. The number of benzene rings is 1. The number of nitrogens with one attached hydrogen (secondary N) is 1. The van der Waals surface area contributed by atoms with Gasteiger partial charge >= 0.3 is 5.97 Å². The van der Waals surface area contributed by atoms with E-state index in [1.54, 1.807) is 18.2 Å². The Balaban J connectivity index is 2.70. The minimum Gasteiger partial charge on any atom is -0.467 e. The lowest BCUT2D eigenvalue weighted by molar-refractivity contribution is -0.145. The van der Waals surface area contributed by atoms with Crippen molar-refractivity contribution in [3.8, 4) is 0 Å². The zero-order valence-electron chi connectivity index (χ0n) is 12.4. The molecule has 0 radical (unpaired) electrons. The number of methoxy groups -OCH3 is 1. The summed E-state index contributed by atoms with van der Waals surface area (Å²) in [4.78, 5) is 23.5. The van der Waals surface area contributed by atoms with Crippen LogP contribution in [0.15, 0.2) is 30.3 Å². The predicted octanol–water partition coefficient (Wildman–Crippen LogP) is 3.06. The molecule has 0 saturated heterocycles. The Bertz CT molecular complexity index is 526. The molecule has 0 aliphatic carbocycles. The molecule has 1 N–H and O–H groups in total. The van der Waals surface area contributed by atoms with Crippen LogP contribution in [0.4, 0.5) is 0 Å². The number of hydrogen-bond acceptors (Lipinski definition) is 3.